The van der Waals surface area contributed by atoms with Gasteiger partial charge in [-0.15, -0.1) is 0 Å². The lowest BCUT2D eigenvalue weighted by atomic mass is 10.1. The van der Waals surface area contributed by atoms with Gasteiger partial charge in [0.15, 0.2) is 11.6 Å². The molecule has 0 aliphatic heterocycles. The van der Waals surface area contributed by atoms with Crippen LogP contribution in [0.3, 0.4) is 0 Å². The second kappa shape index (κ2) is 9.17. The molecule has 8 nitrogen and oxygen atoms in total. The van der Waals surface area contributed by atoms with Crippen molar-refractivity contribution in [1.82, 2.24) is 15.1 Å². The predicted octanol–water partition coefficient (Wildman–Crippen LogP) is 3.48. The Balaban J connectivity index is 1.75. The number of hydrogen-bond acceptors (Lipinski definition) is 5. The number of halogens is 1. The molecule has 9 heteroatoms. The maximum Gasteiger partial charge on any atom is 0.312 e. The fourth-order valence-electron chi connectivity index (χ4n) is 3.12. The van der Waals surface area contributed by atoms with E-state index in [0.717, 1.165) is 5.56 Å². The first kappa shape index (κ1) is 21.0. The summed E-state index contributed by atoms with van der Waals surface area (Å²) in [6, 6.07) is 14.6. The second-order valence-corrected chi connectivity index (χ2v) is 6.71. The van der Waals surface area contributed by atoms with Gasteiger partial charge in [-0.3, -0.25) is 19.6 Å². The lowest BCUT2D eigenvalue weighted by Gasteiger charge is -2.20. The minimum atomic E-state index is -0.551. The van der Waals surface area contributed by atoms with Crippen molar-refractivity contribution in [3.63, 3.8) is 0 Å². The van der Waals surface area contributed by atoms with Crippen LogP contribution in [0.15, 0.2) is 54.6 Å². The van der Waals surface area contributed by atoms with Crippen LogP contribution in [-0.2, 0) is 11.3 Å². The summed E-state index contributed by atoms with van der Waals surface area (Å²) < 4.78 is 20.7. The molecular weight excluding hydrogens is 391 g/mol. The average Bonchev–Trinajstić information content (AvgIpc) is 3.00. The highest BCUT2D eigenvalue weighted by molar-refractivity contribution is 5.76. The summed E-state index contributed by atoms with van der Waals surface area (Å²) in [5, 5.41) is 18.1. The molecule has 1 aromatic heterocycles. The lowest BCUT2D eigenvalue weighted by Crippen LogP contribution is -2.35. The van der Waals surface area contributed by atoms with Crippen LogP contribution in [0.4, 0.5) is 10.1 Å². The molecule has 0 bridgehead atoms. The van der Waals surface area contributed by atoms with Gasteiger partial charge in [-0.2, -0.15) is 5.10 Å². The Labute approximate surface area is 172 Å². The molecule has 1 N–H and O–H groups in total. The van der Waals surface area contributed by atoms with Gasteiger partial charge >= 0.3 is 5.69 Å². The lowest BCUT2D eigenvalue weighted by molar-refractivity contribution is -0.386. The van der Waals surface area contributed by atoms with Gasteiger partial charge in [-0.1, -0.05) is 42.5 Å². The van der Waals surface area contributed by atoms with Crippen molar-refractivity contribution in [2.45, 2.75) is 26.4 Å². The molecule has 1 amide bonds. The first-order valence-corrected chi connectivity index (χ1v) is 9.27. The van der Waals surface area contributed by atoms with Gasteiger partial charge < -0.3 is 10.1 Å². The fraction of sp³-hybridized carbons (Fsp3) is 0.238. The van der Waals surface area contributed by atoms with E-state index in [2.05, 4.69) is 10.4 Å². The number of aryl methyl sites for hydroxylation is 1. The maximum absolute atomic E-state index is 13.9. The van der Waals surface area contributed by atoms with Gasteiger partial charge in [0.2, 0.25) is 5.91 Å². The standard InChI is InChI=1S/C21H21FN4O4/c1-14-21(26(28)29)15(2)25(24-14)12-20(27)23-18(16-8-4-3-5-9-16)13-30-19-11-7-6-10-17(19)22/h3-11,18H,12-13H2,1-2H3,(H,23,27). The summed E-state index contributed by atoms with van der Waals surface area (Å²) in [5.74, 6) is -0.811. The van der Waals surface area contributed by atoms with Crippen molar-refractivity contribution in [2.75, 3.05) is 6.61 Å². The molecular formula is C21H21FN4O4. The van der Waals surface area contributed by atoms with Crippen molar-refractivity contribution in [1.29, 1.82) is 0 Å². The first-order chi connectivity index (χ1) is 14.4. The van der Waals surface area contributed by atoms with Crippen LogP contribution < -0.4 is 10.1 Å². The van der Waals surface area contributed by atoms with Crippen molar-refractivity contribution < 1.29 is 18.8 Å². The molecule has 2 aromatic carbocycles. The summed E-state index contributed by atoms with van der Waals surface area (Å²) >= 11 is 0. The quantitative estimate of drug-likeness (QED) is 0.451. The SMILES string of the molecule is Cc1nn(CC(=O)NC(COc2ccccc2F)c2ccccc2)c(C)c1[N+](=O)[O-]. The Kier molecular flexibility index (Phi) is 6.41. The van der Waals surface area contributed by atoms with Crippen LogP contribution in [0.5, 0.6) is 5.75 Å². The van der Waals surface area contributed by atoms with Crippen molar-refractivity contribution in [3.8, 4) is 5.75 Å². The minimum absolute atomic E-state index is 0.00789. The summed E-state index contributed by atoms with van der Waals surface area (Å²) in [7, 11) is 0. The zero-order chi connectivity index (χ0) is 21.7. The van der Waals surface area contributed by atoms with Crippen LogP contribution in [0.1, 0.15) is 23.0 Å². The fourth-order valence-corrected chi connectivity index (χ4v) is 3.12. The Hall–Kier alpha value is -3.75. The monoisotopic (exact) mass is 412 g/mol. The van der Waals surface area contributed by atoms with Crippen LogP contribution in [0, 0.1) is 29.8 Å². The number of amides is 1. The highest BCUT2D eigenvalue weighted by atomic mass is 19.1. The Morgan fingerprint density at radius 2 is 1.87 bits per heavy atom. The maximum atomic E-state index is 13.9. The summed E-state index contributed by atoms with van der Waals surface area (Å²) in [6.45, 7) is 2.88. The van der Waals surface area contributed by atoms with Gasteiger partial charge in [0.25, 0.3) is 0 Å². The van der Waals surface area contributed by atoms with Crippen molar-refractivity contribution in [2.24, 2.45) is 0 Å². The highest BCUT2D eigenvalue weighted by Gasteiger charge is 2.24. The third-order valence-electron chi connectivity index (χ3n) is 4.60. The normalized spacial score (nSPS) is 11.7. The number of rotatable bonds is 8. The Bertz CT molecular complexity index is 1050. The van der Waals surface area contributed by atoms with E-state index in [0.29, 0.717) is 5.69 Å². The number of nitrogens with one attached hydrogen (secondary N) is 1. The molecule has 3 rings (SSSR count). The van der Waals surface area contributed by atoms with E-state index in [1.54, 1.807) is 19.1 Å². The van der Waals surface area contributed by atoms with E-state index in [1.165, 1.54) is 23.7 Å². The zero-order valence-electron chi connectivity index (χ0n) is 16.5. The van der Waals surface area contributed by atoms with E-state index in [-0.39, 0.29) is 30.3 Å². The van der Waals surface area contributed by atoms with Gasteiger partial charge in [-0.25, -0.2) is 4.39 Å². The van der Waals surface area contributed by atoms with Crippen LogP contribution in [0.25, 0.3) is 0 Å². The third-order valence-corrected chi connectivity index (χ3v) is 4.60. The van der Waals surface area contributed by atoms with E-state index in [9.17, 15) is 19.3 Å². The molecule has 156 valence electrons. The second-order valence-electron chi connectivity index (χ2n) is 6.71. The van der Waals surface area contributed by atoms with E-state index < -0.39 is 22.7 Å². The van der Waals surface area contributed by atoms with Gasteiger partial charge in [0.05, 0.1) is 11.0 Å². The van der Waals surface area contributed by atoms with Gasteiger partial charge in [-0.05, 0) is 31.5 Å². The molecule has 3 aromatic rings. The molecule has 1 heterocycles. The highest BCUT2D eigenvalue weighted by Crippen LogP contribution is 2.22. The number of nitrogens with zero attached hydrogens (tertiary/aromatic N) is 3. The number of benzene rings is 2. The molecule has 0 radical (unpaired) electrons. The number of para-hydroxylation sites is 1. The molecule has 0 spiro atoms. The minimum Gasteiger partial charge on any atom is -0.488 e. The first-order valence-electron chi connectivity index (χ1n) is 9.27. The van der Waals surface area contributed by atoms with Crippen molar-refractivity contribution >= 4 is 11.6 Å². The molecule has 0 saturated carbocycles. The van der Waals surface area contributed by atoms with E-state index >= 15 is 0 Å². The Morgan fingerprint density at radius 1 is 1.20 bits per heavy atom. The van der Waals surface area contributed by atoms with E-state index in [4.69, 9.17) is 4.74 Å². The Morgan fingerprint density at radius 3 is 2.50 bits per heavy atom. The molecule has 1 unspecified atom stereocenters. The number of aromatic nitrogens is 2. The molecule has 0 saturated heterocycles. The molecule has 30 heavy (non-hydrogen) atoms. The number of hydrogen-bond donors (Lipinski definition) is 1. The predicted molar refractivity (Wildman–Crippen MR) is 108 cm³/mol. The topological polar surface area (TPSA) is 99.3 Å². The number of nitro groups is 1. The molecule has 0 fully saturated rings. The molecule has 0 aliphatic carbocycles. The number of carbonyl (C=O) groups is 1. The zero-order valence-corrected chi connectivity index (χ0v) is 16.5. The summed E-state index contributed by atoms with van der Waals surface area (Å²) in [5.41, 5.74) is 1.21. The molecule has 0 aliphatic rings. The van der Waals surface area contributed by atoms with Crippen molar-refractivity contribution in [3.05, 3.63) is 87.5 Å². The van der Waals surface area contributed by atoms with Crippen LogP contribution in [0.2, 0.25) is 0 Å². The third kappa shape index (κ3) is 4.80. The number of carbonyl (C=O) groups excluding carboxylic acids is 1. The van der Waals surface area contributed by atoms with Gasteiger partial charge in [0.1, 0.15) is 24.5 Å². The van der Waals surface area contributed by atoms with Crippen LogP contribution in [-0.4, -0.2) is 27.2 Å². The smallest absolute Gasteiger partial charge is 0.312 e. The molecule has 1 atom stereocenters. The largest absolute Gasteiger partial charge is 0.488 e. The van der Waals surface area contributed by atoms with Crippen LogP contribution >= 0.6 is 0 Å². The van der Waals surface area contributed by atoms with Gasteiger partial charge in [0, 0.05) is 0 Å². The summed E-state index contributed by atoms with van der Waals surface area (Å²) in [6.07, 6.45) is 0. The van der Waals surface area contributed by atoms with E-state index in [1.807, 2.05) is 30.3 Å². The summed E-state index contributed by atoms with van der Waals surface area (Å²) in [4.78, 5) is 23.3. The average molecular weight is 412 g/mol. The number of ether oxygens (including phenoxy) is 1.